The van der Waals surface area contributed by atoms with Crippen molar-refractivity contribution in [3.63, 3.8) is 0 Å². The molecule has 2 N–H and O–H groups in total. The van der Waals surface area contributed by atoms with Crippen LogP contribution >= 0.6 is 0 Å². The molecule has 0 atom stereocenters. The zero-order valence-electron chi connectivity index (χ0n) is 12.2. The molecule has 2 aromatic rings. The van der Waals surface area contributed by atoms with Crippen molar-refractivity contribution in [3.05, 3.63) is 65.2 Å². The molecule has 120 valence electrons. The summed E-state index contributed by atoms with van der Waals surface area (Å²) in [6.07, 6.45) is 0. The summed E-state index contributed by atoms with van der Waals surface area (Å²) in [5, 5.41) is 0. The predicted octanol–water partition coefficient (Wildman–Crippen LogP) is 2.67. The number of hydrazine groups is 1. The van der Waals surface area contributed by atoms with Gasteiger partial charge in [-0.15, -0.1) is 0 Å². The van der Waals surface area contributed by atoms with Gasteiger partial charge in [0.2, 0.25) is 0 Å². The average molecular weight is 320 g/mol. The third-order valence-corrected chi connectivity index (χ3v) is 2.94. The average Bonchev–Trinajstić information content (AvgIpc) is 2.53. The van der Waals surface area contributed by atoms with Crippen molar-refractivity contribution < 1.29 is 23.1 Å². The van der Waals surface area contributed by atoms with Crippen LogP contribution in [0.1, 0.15) is 26.3 Å². The molecule has 0 aliphatic rings. The number of aryl methyl sites for hydroxylation is 1. The Morgan fingerprint density at radius 1 is 0.870 bits per heavy atom. The monoisotopic (exact) mass is 320 g/mol. The fourth-order valence-corrected chi connectivity index (χ4v) is 1.75. The molecule has 0 saturated heterocycles. The number of hydrogen-bond donors (Lipinski definition) is 2. The number of ether oxygens (including phenoxy) is 1. The van der Waals surface area contributed by atoms with E-state index in [0.29, 0.717) is 5.56 Å². The lowest BCUT2D eigenvalue weighted by Crippen LogP contribution is -2.41. The van der Waals surface area contributed by atoms with Crippen molar-refractivity contribution in [1.82, 2.24) is 10.9 Å². The SMILES string of the molecule is Cc1ccc(C(=O)NNC(=O)c2ccc(OC(F)F)cc2)cc1. The molecule has 0 heterocycles. The predicted molar refractivity (Wildman–Crippen MR) is 79.2 cm³/mol. The Morgan fingerprint density at radius 2 is 1.30 bits per heavy atom. The third-order valence-electron chi connectivity index (χ3n) is 2.94. The highest BCUT2D eigenvalue weighted by Gasteiger charge is 2.10. The standard InChI is InChI=1S/C16H14F2N2O3/c1-10-2-4-11(5-3-10)14(21)19-20-15(22)12-6-8-13(9-7-12)23-16(17)18/h2-9,16H,1H3,(H,19,21)(H,20,22). The van der Waals surface area contributed by atoms with Gasteiger partial charge in [-0.25, -0.2) is 0 Å². The summed E-state index contributed by atoms with van der Waals surface area (Å²) in [6, 6.07) is 11.9. The number of nitrogens with one attached hydrogen (secondary N) is 2. The number of carbonyl (C=O) groups is 2. The smallest absolute Gasteiger partial charge is 0.387 e. The van der Waals surface area contributed by atoms with Crippen LogP contribution in [0.3, 0.4) is 0 Å². The van der Waals surface area contributed by atoms with Gasteiger partial charge in [0.15, 0.2) is 0 Å². The largest absolute Gasteiger partial charge is 0.435 e. The van der Waals surface area contributed by atoms with Crippen LogP contribution < -0.4 is 15.6 Å². The fourth-order valence-electron chi connectivity index (χ4n) is 1.75. The van der Waals surface area contributed by atoms with Gasteiger partial charge in [-0.2, -0.15) is 8.78 Å². The maximum absolute atomic E-state index is 12.0. The Hall–Kier alpha value is -2.96. The number of benzene rings is 2. The zero-order chi connectivity index (χ0) is 16.8. The first kappa shape index (κ1) is 16.4. The summed E-state index contributed by atoms with van der Waals surface area (Å²) in [4.78, 5) is 23.7. The molecule has 5 nitrogen and oxygen atoms in total. The second-order valence-corrected chi connectivity index (χ2v) is 4.68. The number of amides is 2. The molecule has 0 saturated carbocycles. The first-order valence-electron chi connectivity index (χ1n) is 6.68. The zero-order valence-corrected chi connectivity index (χ0v) is 12.2. The van der Waals surface area contributed by atoms with Crippen LogP contribution in [0.2, 0.25) is 0 Å². The van der Waals surface area contributed by atoms with E-state index < -0.39 is 18.4 Å². The highest BCUT2D eigenvalue weighted by Crippen LogP contribution is 2.14. The van der Waals surface area contributed by atoms with Gasteiger partial charge in [0.05, 0.1) is 0 Å². The number of halogens is 2. The molecule has 0 bridgehead atoms. The highest BCUT2D eigenvalue weighted by molar-refractivity contribution is 5.99. The van der Waals surface area contributed by atoms with Crippen LogP contribution in [0, 0.1) is 6.92 Å². The minimum Gasteiger partial charge on any atom is -0.435 e. The van der Waals surface area contributed by atoms with Crippen LogP contribution in [-0.4, -0.2) is 18.4 Å². The van der Waals surface area contributed by atoms with Gasteiger partial charge in [0.25, 0.3) is 11.8 Å². The lowest BCUT2D eigenvalue weighted by Gasteiger charge is -2.08. The Labute approximate surface area is 131 Å². The molecular weight excluding hydrogens is 306 g/mol. The quantitative estimate of drug-likeness (QED) is 0.851. The molecule has 2 amide bonds. The van der Waals surface area contributed by atoms with Crippen LogP contribution in [0.15, 0.2) is 48.5 Å². The first-order valence-corrected chi connectivity index (χ1v) is 6.68. The van der Waals surface area contributed by atoms with Crippen molar-refractivity contribution in [1.29, 1.82) is 0 Å². The van der Waals surface area contributed by atoms with E-state index in [2.05, 4.69) is 15.6 Å². The molecular formula is C16H14F2N2O3. The molecule has 0 aliphatic heterocycles. The van der Waals surface area contributed by atoms with Crippen molar-refractivity contribution in [3.8, 4) is 5.75 Å². The van der Waals surface area contributed by atoms with E-state index in [1.54, 1.807) is 24.3 Å². The molecule has 2 aromatic carbocycles. The van der Waals surface area contributed by atoms with E-state index in [9.17, 15) is 18.4 Å². The summed E-state index contributed by atoms with van der Waals surface area (Å²) in [5.74, 6) is -1.09. The highest BCUT2D eigenvalue weighted by atomic mass is 19.3. The van der Waals surface area contributed by atoms with Gasteiger partial charge in [0, 0.05) is 11.1 Å². The lowest BCUT2D eigenvalue weighted by molar-refractivity contribution is -0.0498. The summed E-state index contributed by atoms with van der Waals surface area (Å²) in [6.45, 7) is -1.03. The minimum atomic E-state index is -2.93. The first-order chi connectivity index (χ1) is 11.0. The van der Waals surface area contributed by atoms with Gasteiger partial charge < -0.3 is 4.74 Å². The second kappa shape index (κ2) is 7.35. The Bertz CT molecular complexity index is 685. The van der Waals surface area contributed by atoms with E-state index >= 15 is 0 Å². The van der Waals surface area contributed by atoms with Gasteiger partial charge in [-0.05, 0) is 43.3 Å². The van der Waals surface area contributed by atoms with Crippen molar-refractivity contribution >= 4 is 11.8 Å². The number of hydrogen-bond acceptors (Lipinski definition) is 3. The Kier molecular flexibility index (Phi) is 5.24. The van der Waals surface area contributed by atoms with Crippen molar-refractivity contribution in [2.45, 2.75) is 13.5 Å². The van der Waals surface area contributed by atoms with Gasteiger partial charge in [-0.1, -0.05) is 17.7 Å². The van der Waals surface area contributed by atoms with Crippen LogP contribution in [0.5, 0.6) is 5.75 Å². The fraction of sp³-hybridized carbons (Fsp3) is 0.125. The van der Waals surface area contributed by atoms with Crippen LogP contribution in [0.25, 0.3) is 0 Å². The lowest BCUT2D eigenvalue weighted by atomic mass is 10.1. The summed E-state index contributed by atoms with van der Waals surface area (Å²) in [5.41, 5.74) is 6.12. The summed E-state index contributed by atoms with van der Waals surface area (Å²) in [7, 11) is 0. The molecule has 0 radical (unpaired) electrons. The third kappa shape index (κ3) is 4.77. The van der Waals surface area contributed by atoms with Gasteiger partial charge in [-0.3, -0.25) is 20.4 Å². The Morgan fingerprint density at radius 3 is 1.74 bits per heavy atom. The number of alkyl halides is 2. The normalized spacial score (nSPS) is 10.3. The molecule has 23 heavy (non-hydrogen) atoms. The van der Waals surface area contributed by atoms with E-state index in [1.807, 2.05) is 6.92 Å². The summed E-state index contributed by atoms with van der Waals surface area (Å²) >= 11 is 0. The molecule has 0 spiro atoms. The Balaban J connectivity index is 1.91. The molecule has 7 heteroatoms. The summed E-state index contributed by atoms with van der Waals surface area (Å²) < 4.78 is 28.2. The molecule has 0 aromatic heterocycles. The van der Waals surface area contributed by atoms with Gasteiger partial charge >= 0.3 is 6.61 Å². The maximum atomic E-state index is 12.0. The van der Waals surface area contributed by atoms with E-state index in [-0.39, 0.29) is 11.3 Å². The maximum Gasteiger partial charge on any atom is 0.387 e. The second-order valence-electron chi connectivity index (χ2n) is 4.68. The number of rotatable bonds is 4. The molecule has 0 fully saturated rings. The van der Waals surface area contributed by atoms with Crippen molar-refractivity contribution in [2.75, 3.05) is 0 Å². The van der Waals surface area contributed by atoms with Crippen molar-refractivity contribution in [2.24, 2.45) is 0 Å². The molecule has 2 rings (SSSR count). The van der Waals surface area contributed by atoms with Crippen LogP contribution in [0.4, 0.5) is 8.78 Å². The molecule has 0 aliphatic carbocycles. The molecule has 0 unspecified atom stereocenters. The topological polar surface area (TPSA) is 67.4 Å². The minimum absolute atomic E-state index is 0.0553. The van der Waals surface area contributed by atoms with Gasteiger partial charge in [0.1, 0.15) is 5.75 Å². The van der Waals surface area contributed by atoms with Crippen LogP contribution in [-0.2, 0) is 0 Å². The van der Waals surface area contributed by atoms with E-state index in [1.165, 1.54) is 24.3 Å². The number of carbonyl (C=O) groups excluding carboxylic acids is 2. The van der Waals surface area contributed by atoms with E-state index in [4.69, 9.17) is 0 Å². The van der Waals surface area contributed by atoms with E-state index in [0.717, 1.165) is 5.56 Å².